The maximum atomic E-state index is 12.1. The Morgan fingerprint density at radius 1 is 1.05 bits per heavy atom. The van der Waals surface area contributed by atoms with E-state index in [4.69, 9.17) is 0 Å². The van der Waals surface area contributed by atoms with E-state index in [1.807, 2.05) is 19.9 Å². The summed E-state index contributed by atoms with van der Waals surface area (Å²) in [6.07, 6.45) is 1.68. The predicted molar refractivity (Wildman–Crippen MR) is 81.1 cm³/mol. The number of amides is 1. The highest BCUT2D eigenvalue weighted by Crippen LogP contribution is 2.08. The Morgan fingerprint density at radius 2 is 1.60 bits per heavy atom. The fourth-order valence-electron chi connectivity index (χ4n) is 2.06. The van der Waals surface area contributed by atoms with Gasteiger partial charge >= 0.3 is 0 Å². The number of rotatable bonds is 8. The van der Waals surface area contributed by atoms with Gasteiger partial charge in [0.25, 0.3) is 0 Å². The van der Waals surface area contributed by atoms with Crippen molar-refractivity contribution in [3.05, 3.63) is 35.9 Å². The molecule has 1 aromatic carbocycles. The van der Waals surface area contributed by atoms with E-state index in [1.54, 1.807) is 29.2 Å². The van der Waals surface area contributed by atoms with Gasteiger partial charge in [-0.15, -0.1) is 0 Å². The van der Waals surface area contributed by atoms with Crippen molar-refractivity contribution in [3.8, 4) is 0 Å². The van der Waals surface area contributed by atoms with Crippen LogP contribution in [0, 0.1) is 0 Å². The van der Waals surface area contributed by atoms with Crippen molar-refractivity contribution in [2.24, 2.45) is 0 Å². The molecule has 0 atom stereocenters. The molecule has 0 aromatic heterocycles. The predicted octanol–water partition coefficient (Wildman–Crippen LogP) is 2.25. The van der Waals surface area contributed by atoms with E-state index in [0.29, 0.717) is 13.1 Å². The normalized spacial score (nSPS) is 11.3. The zero-order chi connectivity index (χ0) is 15.0. The third kappa shape index (κ3) is 5.74. The molecule has 0 saturated carbocycles. The Kier molecular flexibility index (Phi) is 6.71. The first-order valence-corrected chi connectivity index (χ1v) is 8.82. The highest BCUT2D eigenvalue weighted by atomic mass is 32.2. The third-order valence-corrected chi connectivity index (χ3v) is 4.37. The molecule has 0 bridgehead atoms. The highest BCUT2D eigenvalue weighted by Gasteiger charge is 2.21. The maximum Gasteiger partial charge on any atom is 0.237 e. The molecule has 1 aromatic rings. The molecule has 1 amide bonds. The molecule has 5 heteroatoms. The molecule has 0 aliphatic heterocycles. The van der Waals surface area contributed by atoms with Crippen LogP contribution < -0.4 is 0 Å². The number of sulfone groups is 1. The summed E-state index contributed by atoms with van der Waals surface area (Å²) in [5.74, 6) is -0.766. The molecule has 0 spiro atoms. The number of carbonyl (C=O) groups excluding carboxylic acids is 1. The lowest BCUT2D eigenvalue weighted by atomic mass is 10.2. The van der Waals surface area contributed by atoms with Crippen LogP contribution in [0.15, 0.2) is 30.3 Å². The van der Waals surface area contributed by atoms with Gasteiger partial charge in [-0.25, -0.2) is 8.42 Å². The van der Waals surface area contributed by atoms with Gasteiger partial charge in [-0.1, -0.05) is 44.2 Å². The minimum absolute atomic E-state index is 0.0777. The van der Waals surface area contributed by atoms with Crippen LogP contribution >= 0.6 is 0 Å². The number of benzene rings is 1. The Hall–Kier alpha value is -1.36. The van der Waals surface area contributed by atoms with Crippen LogP contribution in [0.25, 0.3) is 0 Å². The largest absolute Gasteiger partial charge is 0.342 e. The summed E-state index contributed by atoms with van der Waals surface area (Å²) in [6, 6.07) is 8.96. The van der Waals surface area contributed by atoms with Gasteiger partial charge in [-0.3, -0.25) is 4.79 Å². The van der Waals surface area contributed by atoms with Gasteiger partial charge in [-0.05, 0) is 18.4 Å². The van der Waals surface area contributed by atoms with Crippen molar-refractivity contribution in [1.82, 2.24) is 4.90 Å². The zero-order valence-electron chi connectivity index (χ0n) is 12.2. The molecule has 0 aliphatic rings. The van der Waals surface area contributed by atoms with E-state index >= 15 is 0 Å². The molecular weight excluding hydrogens is 274 g/mol. The minimum Gasteiger partial charge on any atom is -0.342 e. The van der Waals surface area contributed by atoms with Gasteiger partial charge in [0.05, 0.1) is 5.75 Å². The Balaban J connectivity index is 2.67. The van der Waals surface area contributed by atoms with Gasteiger partial charge in [0.2, 0.25) is 5.91 Å². The fraction of sp³-hybridized carbons (Fsp3) is 0.533. The van der Waals surface area contributed by atoms with Crippen molar-refractivity contribution < 1.29 is 13.2 Å². The lowest BCUT2D eigenvalue weighted by Crippen LogP contribution is -2.37. The van der Waals surface area contributed by atoms with Crippen molar-refractivity contribution in [3.63, 3.8) is 0 Å². The standard InChI is InChI=1S/C15H23NO3S/c1-3-10-16(11-4-2)15(17)13-20(18,19)12-14-8-6-5-7-9-14/h5-9H,3-4,10-13H2,1-2H3. The second-order valence-electron chi connectivity index (χ2n) is 4.90. The van der Waals surface area contributed by atoms with Crippen LogP contribution in [-0.2, 0) is 20.4 Å². The van der Waals surface area contributed by atoms with E-state index in [2.05, 4.69) is 0 Å². The number of nitrogens with zero attached hydrogens (tertiary/aromatic N) is 1. The average Bonchev–Trinajstić information content (AvgIpc) is 2.38. The van der Waals surface area contributed by atoms with Crippen LogP contribution in [0.5, 0.6) is 0 Å². The number of hydrogen-bond donors (Lipinski definition) is 0. The lowest BCUT2D eigenvalue weighted by molar-refractivity contribution is -0.128. The molecule has 20 heavy (non-hydrogen) atoms. The van der Waals surface area contributed by atoms with E-state index in [9.17, 15) is 13.2 Å². The van der Waals surface area contributed by atoms with Crippen molar-refractivity contribution in [2.75, 3.05) is 18.8 Å². The number of hydrogen-bond acceptors (Lipinski definition) is 3. The van der Waals surface area contributed by atoms with Crippen molar-refractivity contribution >= 4 is 15.7 Å². The molecule has 4 nitrogen and oxygen atoms in total. The van der Waals surface area contributed by atoms with E-state index in [-0.39, 0.29) is 11.7 Å². The van der Waals surface area contributed by atoms with E-state index in [1.165, 1.54) is 0 Å². The van der Waals surface area contributed by atoms with Gasteiger partial charge in [0.15, 0.2) is 9.84 Å². The van der Waals surface area contributed by atoms with Crippen LogP contribution in [0.2, 0.25) is 0 Å². The second-order valence-corrected chi connectivity index (χ2v) is 6.96. The average molecular weight is 297 g/mol. The van der Waals surface area contributed by atoms with Crippen molar-refractivity contribution in [2.45, 2.75) is 32.4 Å². The third-order valence-electron chi connectivity index (χ3n) is 2.91. The molecule has 1 rings (SSSR count). The molecule has 0 N–H and O–H groups in total. The lowest BCUT2D eigenvalue weighted by Gasteiger charge is -2.21. The smallest absolute Gasteiger partial charge is 0.237 e. The summed E-state index contributed by atoms with van der Waals surface area (Å²) in [6.45, 7) is 5.20. The van der Waals surface area contributed by atoms with Crippen LogP contribution in [0.3, 0.4) is 0 Å². The van der Waals surface area contributed by atoms with E-state index < -0.39 is 15.6 Å². The molecule has 0 unspecified atom stereocenters. The summed E-state index contributed by atoms with van der Waals surface area (Å²) in [5, 5.41) is 0. The molecule has 0 fully saturated rings. The van der Waals surface area contributed by atoms with Crippen LogP contribution in [0.4, 0.5) is 0 Å². The van der Waals surface area contributed by atoms with Gasteiger partial charge in [0.1, 0.15) is 5.75 Å². The molecule has 0 heterocycles. The van der Waals surface area contributed by atoms with E-state index in [0.717, 1.165) is 18.4 Å². The summed E-state index contributed by atoms with van der Waals surface area (Å²) in [7, 11) is -3.41. The molecule has 0 aliphatic carbocycles. The summed E-state index contributed by atoms with van der Waals surface area (Å²) >= 11 is 0. The Labute approximate surface area is 121 Å². The first-order chi connectivity index (χ1) is 9.48. The van der Waals surface area contributed by atoms with Crippen LogP contribution in [-0.4, -0.2) is 38.1 Å². The SMILES string of the molecule is CCCN(CCC)C(=O)CS(=O)(=O)Cc1ccccc1. The molecule has 0 saturated heterocycles. The summed E-state index contributed by atoms with van der Waals surface area (Å²) in [4.78, 5) is 13.7. The maximum absolute atomic E-state index is 12.1. The monoisotopic (exact) mass is 297 g/mol. The summed E-state index contributed by atoms with van der Waals surface area (Å²) < 4.78 is 24.2. The van der Waals surface area contributed by atoms with Gasteiger partial charge < -0.3 is 4.90 Å². The first kappa shape index (κ1) is 16.7. The first-order valence-electron chi connectivity index (χ1n) is 7.00. The topological polar surface area (TPSA) is 54.5 Å². The Bertz CT molecular complexity index is 505. The second kappa shape index (κ2) is 8.04. The molecule has 112 valence electrons. The number of carbonyl (C=O) groups is 1. The Morgan fingerprint density at radius 3 is 2.10 bits per heavy atom. The molecule has 0 radical (unpaired) electrons. The zero-order valence-corrected chi connectivity index (χ0v) is 13.0. The highest BCUT2D eigenvalue weighted by molar-refractivity contribution is 7.91. The fourth-order valence-corrected chi connectivity index (χ4v) is 3.42. The molecular formula is C15H23NO3S. The van der Waals surface area contributed by atoms with Crippen molar-refractivity contribution in [1.29, 1.82) is 0 Å². The summed E-state index contributed by atoms with van der Waals surface area (Å²) in [5.41, 5.74) is 0.720. The van der Waals surface area contributed by atoms with Gasteiger partial charge in [-0.2, -0.15) is 0 Å². The van der Waals surface area contributed by atoms with Gasteiger partial charge in [0, 0.05) is 13.1 Å². The van der Waals surface area contributed by atoms with Crippen LogP contribution in [0.1, 0.15) is 32.3 Å². The quantitative estimate of drug-likeness (QED) is 0.739. The minimum atomic E-state index is -3.41.